The Morgan fingerprint density at radius 3 is 2.50 bits per heavy atom. The number of hydrogen-bond acceptors (Lipinski definition) is 5. The van der Waals surface area contributed by atoms with Gasteiger partial charge in [0.15, 0.2) is 0 Å². The van der Waals surface area contributed by atoms with E-state index in [1.165, 1.54) is 6.33 Å². The molecule has 4 aromatic rings. The Kier molecular flexibility index (Phi) is 5.06. The molecule has 0 unspecified atom stereocenters. The van der Waals surface area contributed by atoms with Crippen molar-refractivity contribution in [3.63, 3.8) is 0 Å². The van der Waals surface area contributed by atoms with Crippen molar-refractivity contribution in [3.05, 3.63) is 91.3 Å². The van der Waals surface area contributed by atoms with E-state index < -0.39 is 0 Å². The lowest BCUT2D eigenvalue weighted by atomic mass is 10.1. The molecule has 0 aliphatic heterocycles. The number of rotatable bonds is 6. The topological polar surface area (TPSA) is 84.7 Å². The van der Waals surface area contributed by atoms with Gasteiger partial charge in [-0.25, -0.2) is 15.0 Å². The van der Waals surface area contributed by atoms with Crippen LogP contribution in [0, 0.1) is 0 Å². The van der Waals surface area contributed by atoms with Crippen molar-refractivity contribution in [1.29, 1.82) is 0 Å². The molecule has 138 valence electrons. The predicted molar refractivity (Wildman–Crippen MR) is 108 cm³/mol. The molecule has 7 heteroatoms. The molecule has 2 N–H and O–H groups in total. The fourth-order valence-corrected chi connectivity index (χ4v) is 2.72. The van der Waals surface area contributed by atoms with Crippen LogP contribution in [-0.4, -0.2) is 25.4 Å². The summed E-state index contributed by atoms with van der Waals surface area (Å²) in [5, 5.41) is 6.14. The monoisotopic (exact) mass is 370 g/mol. The lowest BCUT2D eigenvalue weighted by molar-refractivity contribution is -0.115. The quantitative estimate of drug-likeness (QED) is 0.542. The Morgan fingerprint density at radius 1 is 0.964 bits per heavy atom. The normalized spacial score (nSPS) is 10.4. The Labute approximate surface area is 162 Å². The summed E-state index contributed by atoms with van der Waals surface area (Å²) < 4.78 is 1.80. The molecule has 2 aromatic heterocycles. The van der Waals surface area contributed by atoms with Crippen LogP contribution < -0.4 is 10.6 Å². The number of amides is 1. The highest BCUT2D eigenvalue weighted by Gasteiger charge is 2.05. The molecular weight excluding hydrogens is 352 g/mol. The fourth-order valence-electron chi connectivity index (χ4n) is 2.72. The van der Waals surface area contributed by atoms with Crippen molar-refractivity contribution >= 4 is 23.1 Å². The van der Waals surface area contributed by atoms with E-state index in [4.69, 9.17) is 0 Å². The van der Waals surface area contributed by atoms with E-state index in [1.807, 2.05) is 66.9 Å². The van der Waals surface area contributed by atoms with Gasteiger partial charge in [-0.3, -0.25) is 9.36 Å². The van der Waals surface area contributed by atoms with Crippen molar-refractivity contribution in [3.8, 4) is 5.82 Å². The average Bonchev–Trinajstić information content (AvgIpc) is 3.25. The number of hydrogen-bond donors (Lipinski definition) is 2. The van der Waals surface area contributed by atoms with Crippen LogP contribution in [0.15, 0.2) is 85.7 Å². The highest BCUT2D eigenvalue weighted by Crippen LogP contribution is 2.19. The third-order valence-electron chi connectivity index (χ3n) is 4.07. The summed E-state index contributed by atoms with van der Waals surface area (Å²) in [4.78, 5) is 24.6. The molecular formula is C21H18N6O. The first-order chi connectivity index (χ1) is 13.8. The number of benzene rings is 2. The molecule has 0 spiro atoms. The highest BCUT2D eigenvalue weighted by atomic mass is 16.1. The number of imidazole rings is 1. The van der Waals surface area contributed by atoms with E-state index >= 15 is 0 Å². The minimum Gasteiger partial charge on any atom is -0.340 e. The van der Waals surface area contributed by atoms with E-state index in [9.17, 15) is 4.79 Å². The van der Waals surface area contributed by atoms with Gasteiger partial charge < -0.3 is 10.6 Å². The predicted octanol–water partition coefficient (Wildman–Crippen LogP) is 3.59. The number of nitrogens with zero attached hydrogens (tertiary/aromatic N) is 4. The summed E-state index contributed by atoms with van der Waals surface area (Å²) in [6.45, 7) is 0. The first-order valence-electron chi connectivity index (χ1n) is 8.77. The second-order valence-corrected chi connectivity index (χ2v) is 6.14. The maximum atomic E-state index is 12.2. The molecule has 0 saturated carbocycles. The summed E-state index contributed by atoms with van der Waals surface area (Å²) in [7, 11) is 0. The maximum absolute atomic E-state index is 12.2. The third-order valence-corrected chi connectivity index (χ3v) is 4.07. The first-order valence-corrected chi connectivity index (χ1v) is 8.77. The van der Waals surface area contributed by atoms with Crippen LogP contribution in [0.3, 0.4) is 0 Å². The van der Waals surface area contributed by atoms with Crippen LogP contribution in [-0.2, 0) is 11.2 Å². The Morgan fingerprint density at radius 2 is 1.75 bits per heavy atom. The fraction of sp³-hybridized carbons (Fsp3) is 0.0476. The smallest absolute Gasteiger partial charge is 0.228 e. The van der Waals surface area contributed by atoms with Crippen LogP contribution >= 0.6 is 0 Å². The standard InChI is InChI=1S/C21H18N6O/c28-21(12-16-4-2-1-3-5-16)26-18-8-6-17(7-9-18)25-19-13-20(24-14-23-19)27-11-10-22-15-27/h1-11,13-15H,12H2,(H,26,28)(H,23,24,25). The Bertz CT molecular complexity index is 1050. The van der Waals surface area contributed by atoms with Gasteiger partial charge in [-0.15, -0.1) is 0 Å². The summed E-state index contributed by atoms with van der Waals surface area (Å²) in [6.07, 6.45) is 7.03. The molecule has 2 aromatic carbocycles. The van der Waals surface area contributed by atoms with E-state index in [2.05, 4.69) is 25.6 Å². The van der Waals surface area contributed by atoms with Gasteiger partial charge >= 0.3 is 0 Å². The summed E-state index contributed by atoms with van der Waals surface area (Å²) in [5.41, 5.74) is 2.58. The first kappa shape index (κ1) is 17.4. The minimum absolute atomic E-state index is 0.0484. The highest BCUT2D eigenvalue weighted by molar-refractivity contribution is 5.92. The van der Waals surface area contributed by atoms with Crippen molar-refractivity contribution < 1.29 is 4.79 Å². The molecule has 0 aliphatic carbocycles. The largest absolute Gasteiger partial charge is 0.340 e. The molecule has 0 radical (unpaired) electrons. The van der Waals surface area contributed by atoms with E-state index in [0.717, 1.165) is 22.8 Å². The van der Waals surface area contributed by atoms with E-state index in [0.29, 0.717) is 12.2 Å². The van der Waals surface area contributed by atoms with Gasteiger partial charge in [-0.05, 0) is 29.8 Å². The molecule has 4 rings (SSSR count). The van der Waals surface area contributed by atoms with Crippen molar-refractivity contribution in [2.45, 2.75) is 6.42 Å². The molecule has 0 aliphatic rings. The Balaban J connectivity index is 1.38. The number of carbonyl (C=O) groups excluding carboxylic acids is 1. The number of carbonyl (C=O) groups is 1. The summed E-state index contributed by atoms with van der Waals surface area (Å²) in [5.74, 6) is 1.34. The van der Waals surface area contributed by atoms with Crippen LogP contribution in [0.1, 0.15) is 5.56 Å². The summed E-state index contributed by atoms with van der Waals surface area (Å²) in [6, 6.07) is 19.0. The van der Waals surface area contributed by atoms with Crippen LogP contribution in [0.5, 0.6) is 0 Å². The zero-order chi connectivity index (χ0) is 19.2. The molecule has 0 fully saturated rings. The van der Waals surface area contributed by atoms with Crippen LogP contribution in [0.25, 0.3) is 5.82 Å². The van der Waals surface area contributed by atoms with Gasteiger partial charge in [0, 0.05) is 29.8 Å². The molecule has 7 nitrogen and oxygen atoms in total. The van der Waals surface area contributed by atoms with Gasteiger partial charge in [0.1, 0.15) is 24.3 Å². The molecule has 2 heterocycles. The zero-order valence-electron chi connectivity index (χ0n) is 15.0. The van der Waals surface area contributed by atoms with Crippen LogP contribution in [0.4, 0.5) is 17.2 Å². The molecule has 28 heavy (non-hydrogen) atoms. The van der Waals surface area contributed by atoms with E-state index in [-0.39, 0.29) is 5.91 Å². The van der Waals surface area contributed by atoms with Gasteiger partial charge in [-0.1, -0.05) is 30.3 Å². The van der Waals surface area contributed by atoms with Gasteiger partial charge in [-0.2, -0.15) is 0 Å². The lowest BCUT2D eigenvalue weighted by Gasteiger charge is -2.09. The molecule has 1 amide bonds. The molecule has 0 atom stereocenters. The SMILES string of the molecule is O=C(Cc1ccccc1)Nc1ccc(Nc2cc(-n3ccnc3)ncn2)cc1. The van der Waals surface area contributed by atoms with Crippen molar-refractivity contribution in [1.82, 2.24) is 19.5 Å². The van der Waals surface area contributed by atoms with Gasteiger partial charge in [0.25, 0.3) is 0 Å². The number of aromatic nitrogens is 4. The van der Waals surface area contributed by atoms with Crippen molar-refractivity contribution in [2.75, 3.05) is 10.6 Å². The number of anilines is 3. The lowest BCUT2D eigenvalue weighted by Crippen LogP contribution is -2.14. The third kappa shape index (κ3) is 4.39. The Hall–Kier alpha value is -4.00. The van der Waals surface area contributed by atoms with Gasteiger partial charge in [0.2, 0.25) is 5.91 Å². The second kappa shape index (κ2) is 8.13. The van der Waals surface area contributed by atoms with E-state index in [1.54, 1.807) is 17.1 Å². The molecule has 0 bridgehead atoms. The van der Waals surface area contributed by atoms with Gasteiger partial charge in [0.05, 0.1) is 6.42 Å². The summed E-state index contributed by atoms with van der Waals surface area (Å²) >= 11 is 0. The molecule has 0 saturated heterocycles. The zero-order valence-corrected chi connectivity index (χ0v) is 15.0. The van der Waals surface area contributed by atoms with Crippen molar-refractivity contribution in [2.24, 2.45) is 0 Å². The number of nitrogens with one attached hydrogen (secondary N) is 2. The average molecular weight is 370 g/mol. The minimum atomic E-state index is -0.0484. The van der Waals surface area contributed by atoms with Crippen LogP contribution in [0.2, 0.25) is 0 Å². The maximum Gasteiger partial charge on any atom is 0.228 e. The second-order valence-electron chi connectivity index (χ2n) is 6.14.